The lowest BCUT2D eigenvalue weighted by Crippen LogP contribution is -2.13. The van der Waals surface area contributed by atoms with Crippen molar-refractivity contribution in [3.05, 3.63) is 52.5 Å². The number of benzene rings is 2. The molecule has 1 heterocycles. The minimum Gasteiger partial charge on any atom is -0.369 e. The van der Waals surface area contributed by atoms with Crippen LogP contribution in [0.2, 0.25) is 0 Å². The van der Waals surface area contributed by atoms with Crippen LogP contribution in [0.5, 0.6) is 0 Å². The summed E-state index contributed by atoms with van der Waals surface area (Å²) in [4.78, 5) is 4.58. The van der Waals surface area contributed by atoms with Crippen molar-refractivity contribution in [1.82, 2.24) is 9.55 Å². The van der Waals surface area contributed by atoms with Crippen LogP contribution in [0.1, 0.15) is 25.3 Å². The minimum atomic E-state index is -3.72. The number of aromatic nitrogens is 2. The highest BCUT2D eigenvalue weighted by Crippen LogP contribution is 2.23. The maximum absolute atomic E-state index is 12.3. The summed E-state index contributed by atoms with van der Waals surface area (Å²) in [6, 6.07) is 12.6. The lowest BCUT2D eigenvalue weighted by Gasteiger charge is -2.13. The third-order valence-electron chi connectivity index (χ3n) is 4.64. The Labute approximate surface area is 174 Å². The first kappa shape index (κ1) is 20.8. The predicted molar refractivity (Wildman–Crippen MR) is 115 cm³/mol. The van der Waals surface area contributed by atoms with E-state index in [2.05, 4.69) is 20.9 Å². The smallest absolute Gasteiger partial charge is 0.296 e. The summed E-state index contributed by atoms with van der Waals surface area (Å²) < 4.78 is 32.7. The van der Waals surface area contributed by atoms with Crippen LogP contribution in [0.3, 0.4) is 0 Å². The van der Waals surface area contributed by atoms with Gasteiger partial charge in [0.2, 0.25) is 5.95 Å². The fourth-order valence-corrected chi connectivity index (χ4v) is 4.38. The molecule has 6 nitrogen and oxygen atoms in total. The molecule has 0 amide bonds. The molecule has 0 spiro atoms. The maximum Gasteiger partial charge on any atom is 0.296 e. The second kappa shape index (κ2) is 8.63. The van der Waals surface area contributed by atoms with Gasteiger partial charge in [-0.15, -0.1) is 0 Å². The quantitative estimate of drug-likeness (QED) is 0.494. The molecular weight excluding hydrogens is 442 g/mol. The van der Waals surface area contributed by atoms with Gasteiger partial charge in [0.1, 0.15) is 0 Å². The normalized spacial score (nSPS) is 13.1. The molecule has 0 fully saturated rings. The summed E-state index contributed by atoms with van der Waals surface area (Å²) >= 11 is 3.44. The van der Waals surface area contributed by atoms with Gasteiger partial charge in [-0.1, -0.05) is 40.5 Å². The molecule has 0 aliphatic heterocycles. The van der Waals surface area contributed by atoms with Gasteiger partial charge in [0.05, 0.1) is 22.5 Å². The van der Waals surface area contributed by atoms with E-state index in [4.69, 9.17) is 9.92 Å². The minimum absolute atomic E-state index is 0.102. The van der Waals surface area contributed by atoms with Gasteiger partial charge in [0, 0.05) is 11.0 Å². The number of fused-ring (bicyclic) bond motifs is 1. The molecular formula is C20H24BrN3O3S. The van der Waals surface area contributed by atoms with Gasteiger partial charge in [-0.3, -0.25) is 4.18 Å². The number of anilines is 1. The SMILES string of the molecule is Cc1ccc(S(=O)(=O)OC[C@@H](C)CCCn2c(N)nc3cc(Br)ccc32)cc1. The molecule has 1 aromatic heterocycles. The van der Waals surface area contributed by atoms with Gasteiger partial charge in [-0.05, 0) is 56.0 Å². The van der Waals surface area contributed by atoms with Crippen LogP contribution in [0.15, 0.2) is 51.8 Å². The maximum atomic E-state index is 12.3. The highest BCUT2D eigenvalue weighted by Gasteiger charge is 2.17. The zero-order chi connectivity index (χ0) is 20.3. The number of imidazole rings is 1. The highest BCUT2D eigenvalue weighted by molar-refractivity contribution is 9.10. The van der Waals surface area contributed by atoms with Crippen molar-refractivity contribution in [1.29, 1.82) is 0 Å². The Kier molecular flexibility index (Phi) is 6.42. The van der Waals surface area contributed by atoms with E-state index in [0.717, 1.165) is 40.5 Å². The Balaban J connectivity index is 1.53. The first-order valence-corrected chi connectivity index (χ1v) is 11.3. The first-order chi connectivity index (χ1) is 13.3. The van der Waals surface area contributed by atoms with Crippen LogP contribution in [0.25, 0.3) is 11.0 Å². The number of rotatable bonds is 8. The van der Waals surface area contributed by atoms with Gasteiger partial charge in [0.15, 0.2) is 0 Å². The average Bonchev–Trinajstić information content (AvgIpc) is 2.95. The van der Waals surface area contributed by atoms with Crippen molar-refractivity contribution in [3.8, 4) is 0 Å². The molecule has 1 atom stereocenters. The lowest BCUT2D eigenvalue weighted by atomic mass is 10.1. The van der Waals surface area contributed by atoms with Crippen molar-refractivity contribution in [3.63, 3.8) is 0 Å². The van der Waals surface area contributed by atoms with Crippen LogP contribution in [0, 0.1) is 12.8 Å². The Bertz CT molecular complexity index is 1060. The monoisotopic (exact) mass is 465 g/mol. The van der Waals surface area contributed by atoms with E-state index in [9.17, 15) is 8.42 Å². The van der Waals surface area contributed by atoms with Crippen LogP contribution in [-0.2, 0) is 20.8 Å². The summed E-state index contributed by atoms with van der Waals surface area (Å²) in [6.45, 7) is 4.77. The molecule has 0 aliphatic carbocycles. The summed E-state index contributed by atoms with van der Waals surface area (Å²) in [5.41, 5.74) is 8.90. The van der Waals surface area contributed by atoms with E-state index in [-0.39, 0.29) is 17.4 Å². The third kappa shape index (κ3) is 4.92. The topological polar surface area (TPSA) is 87.2 Å². The predicted octanol–water partition coefficient (Wildman–Crippen LogP) is 4.51. The molecule has 28 heavy (non-hydrogen) atoms. The third-order valence-corrected chi connectivity index (χ3v) is 6.42. The molecule has 3 aromatic rings. The van der Waals surface area contributed by atoms with Gasteiger partial charge < -0.3 is 10.3 Å². The standard InChI is InChI=1S/C20H24BrN3O3S/c1-14-5-8-17(9-6-14)28(25,26)27-13-15(2)4-3-11-24-19-10-7-16(21)12-18(19)23-20(24)22/h5-10,12,15H,3-4,11,13H2,1-2H3,(H2,22,23)/t15-/m0/s1. The van der Waals surface area contributed by atoms with Gasteiger partial charge in [0.25, 0.3) is 10.1 Å². The van der Waals surface area contributed by atoms with E-state index in [1.165, 1.54) is 0 Å². The first-order valence-electron chi connectivity index (χ1n) is 9.13. The number of nitrogens with two attached hydrogens (primary N) is 1. The Morgan fingerprint density at radius 1 is 1.21 bits per heavy atom. The second-order valence-corrected chi connectivity index (χ2v) is 9.58. The molecule has 0 radical (unpaired) electrons. The molecule has 150 valence electrons. The van der Waals surface area contributed by atoms with E-state index < -0.39 is 10.1 Å². The number of aryl methyl sites for hydroxylation is 2. The van der Waals surface area contributed by atoms with E-state index in [1.807, 2.05) is 36.6 Å². The number of nitrogens with zero attached hydrogens (tertiary/aromatic N) is 2. The van der Waals surface area contributed by atoms with Crippen LogP contribution in [0.4, 0.5) is 5.95 Å². The number of nitrogen functional groups attached to an aromatic ring is 1. The van der Waals surface area contributed by atoms with Crippen LogP contribution >= 0.6 is 15.9 Å². The van der Waals surface area contributed by atoms with E-state index in [1.54, 1.807) is 24.3 Å². The molecule has 0 saturated carbocycles. The van der Waals surface area contributed by atoms with Crippen LogP contribution < -0.4 is 5.73 Å². The van der Waals surface area contributed by atoms with Gasteiger partial charge in [-0.25, -0.2) is 4.98 Å². The van der Waals surface area contributed by atoms with Crippen molar-refractivity contribution < 1.29 is 12.6 Å². The molecule has 2 N–H and O–H groups in total. The van der Waals surface area contributed by atoms with Crippen molar-refractivity contribution in [2.75, 3.05) is 12.3 Å². The Hall–Kier alpha value is -1.90. The molecule has 3 rings (SSSR count). The zero-order valence-electron chi connectivity index (χ0n) is 15.9. The summed E-state index contributed by atoms with van der Waals surface area (Å²) in [6.07, 6.45) is 1.67. The summed E-state index contributed by atoms with van der Waals surface area (Å²) in [7, 11) is -3.72. The van der Waals surface area contributed by atoms with Gasteiger partial charge >= 0.3 is 0 Å². The van der Waals surface area contributed by atoms with E-state index in [0.29, 0.717) is 5.95 Å². The van der Waals surface area contributed by atoms with Crippen molar-refractivity contribution in [2.24, 2.45) is 5.92 Å². The fraction of sp³-hybridized carbons (Fsp3) is 0.350. The fourth-order valence-electron chi connectivity index (χ4n) is 3.02. The van der Waals surface area contributed by atoms with Crippen LogP contribution in [-0.4, -0.2) is 24.6 Å². The molecule has 0 bridgehead atoms. The van der Waals surface area contributed by atoms with Gasteiger partial charge in [-0.2, -0.15) is 8.42 Å². The zero-order valence-corrected chi connectivity index (χ0v) is 18.3. The number of hydrogen-bond acceptors (Lipinski definition) is 5. The Morgan fingerprint density at radius 3 is 2.64 bits per heavy atom. The highest BCUT2D eigenvalue weighted by atomic mass is 79.9. The summed E-state index contributed by atoms with van der Waals surface area (Å²) in [5, 5.41) is 0. The molecule has 2 aromatic carbocycles. The molecule has 8 heteroatoms. The van der Waals surface area contributed by atoms with Crippen molar-refractivity contribution >= 4 is 43.0 Å². The summed E-state index contributed by atoms with van der Waals surface area (Å²) in [5.74, 6) is 0.587. The molecule has 0 saturated heterocycles. The Morgan fingerprint density at radius 2 is 1.93 bits per heavy atom. The molecule has 0 unspecified atom stereocenters. The number of hydrogen-bond donors (Lipinski definition) is 1. The lowest BCUT2D eigenvalue weighted by molar-refractivity contribution is 0.253. The second-order valence-electron chi connectivity index (χ2n) is 7.05. The number of halogens is 1. The average molecular weight is 466 g/mol. The largest absolute Gasteiger partial charge is 0.369 e. The molecule has 0 aliphatic rings. The van der Waals surface area contributed by atoms with E-state index >= 15 is 0 Å². The van der Waals surface area contributed by atoms with Crippen molar-refractivity contribution in [2.45, 2.75) is 38.1 Å².